The molecule has 31 heavy (non-hydrogen) atoms. The summed E-state index contributed by atoms with van der Waals surface area (Å²) in [7, 11) is 1.27. The van der Waals surface area contributed by atoms with Gasteiger partial charge >= 0.3 is 5.97 Å². The molecular weight excluding hydrogens is 400 g/mol. The number of methoxy groups -OCH3 is 1. The first-order chi connectivity index (χ1) is 15.0. The van der Waals surface area contributed by atoms with E-state index in [4.69, 9.17) is 14.2 Å². The van der Waals surface area contributed by atoms with E-state index < -0.39 is 23.7 Å². The molecule has 2 aliphatic heterocycles. The molecule has 0 aromatic heterocycles. The maximum absolute atomic E-state index is 12.8. The Bertz CT molecular complexity index is 954. The third-order valence-corrected chi connectivity index (χ3v) is 5.55. The molecule has 8 nitrogen and oxygen atoms in total. The Hall–Kier alpha value is -3.23. The number of carbonyl (C=O) groups excluding carboxylic acids is 3. The summed E-state index contributed by atoms with van der Waals surface area (Å²) in [6, 6.07) is 16.2. The number of ether oxygens (including phenoxy) is 3. The molecule has 1 spiro atoms. The van der Waals surface area contributed by atoms with Crippen molar-refractivity contribution in [2.45, 2.75) is 18.2 Å². The van der Waals surface area contributed by atoms with Crippen LogP contribution in [0.15, 0.2) is 54.6 Å². The van der Waals surface area contributed by atoms with Gasteiger partial charge < -0.3 is 24.4 Å². The number of likely N-dealkylation sites (tertiary alicyclic amines) is 1. The van der Waals surface area contributed by atoms with Gasteiger partial charge in [0.15, 0.2) is 5.79 Å². The predicted octanol–water partition coefficient (Wildman–Crippen LogP) is 1.60. The Labute approximate surface area is 180 Å². The van der Waals surface area contributed by atoms with Crippen molar-refractivity contribution in [2.24, 2.45) is 0 Å². The van der Waals surface area contributed by atoms with Gasteiger partial charge in [-0.15, -0.1) is 0 Å². The van der Waals surface area contributed by atoms with Crippen LogP contribution in [-0.2, 0) is 23.8 Å². The quantitative estimate of drug-likeness (QED) is 0.733. The number of hydrogen-bond donors (Lipinski definition) is 1. The van der Waals surface area contributed by atoms with Gasteiger partial charge in [-0.05, 0) is 23.3 Å². The van der Waals surface area contributed by atoms with Gasteiger partial charge in [0.2, 0.25) is 5.91 Å². The van der Waals surface area contributed by atoms with Gasteiger partial charge in [-0.3, -0.25) is 9.59 Å². The van der Waals surface area contributed by atoms with E-state index in [1.54, 1.807) is 12.1 Å². The zero-order valence-electron chi connectivity index (χ0n) is 17.2. The van der Waals surface area contributed by atoms with Gasteiger partial charge in [0.1, 0.15) is 6.04 Å². The average molecular weight is 424 g/mol. The van der Waals surface area contributed by atoms with Crippen molar-refractivity contribution in [3.8, 4) is 11.1 Å². The molecule has 2 amide bonds. The van der Waals surface area contributed by atoms with Gasteiger partial charge in [0.25, 0.3) is 5.91 Å². The minimum atomic E-state index is -0.980. The van der Waals surface area contributed by atoms with E-state index in [-0.39, 0.29) is 25.4 Å². The van der Waals surface area contributed by atoms with Gasteiger partial charge in [-0.25, -0.2) is 4.79 Å². The zero-order chi connectivity index (χ0) is 21.8. The Morgan fingerprint density at radius 1 is 1.03 bits per heavy atom. The minimum Gasteiger partial charge on any atom is -0.467 e. The van der Waals surface area contributed by atoms with Crippen molar-refractivity contribution in [2.75, 3.05) is 33.4 Å². The lowest BCUT2D eigenvalue weighted by atomic mass is 10.0. The Morgan fingerprint density at radius 2 is 1.68 bits per heavy atom. The minimum absolute atomic E-state index is 0.118. The molecule has 0 radical (unpaired) electrons. The van der Waals surface area contributed by atoms with Crippen molar-refractivity contribution >= 4 is 17.8 Å². The summed E-state index contributed by atoms with van der Waals surface area (Å²) in [6.45, 7) is 0.688. The summed E-state index contributed by atoms with van der Waals surface area (Å²) in [5.41, 5.74) is 2.49. The molecule has 2 aromatic carbocycles. The first-order valence-corrected chi connectivity index (χ1v) is 10.1. The van der Waals surface area contributed by atoms with Crippen molar-refractivity contribution in [3.05, 3.63) is 60.2 Å². The van der Waals surface area contributed by atoms with E-state index in [1.165, 1.54) is 12.0 Å². The van der Waals surface area contributed by atoms with Gasteiger partial charge in [-0.2, -0.15) is 0 Å². The molecule has 8 heteroatoms. The second-order valence-electron chi connectivity index (χ2n) is 7.50. The Balaban J connectivity index is 1.38. The molecule has 0 aliphatic carbocycles. The van der Waals surface area contributed by atoms with Gasteiger partial charge in [0, 0.05) is 12.0 Å². The lowest BCUT2D eigenvalue weighted by Crippen LogP contribution is -2.46. The number of amides is 2. The van der Waals surface area contributed by atoms with Crippen LogP contribution < -0.4 is 5.32 Å². The van der Waals surface area contributed by atoms with Crippen LogP contribution in [0.5, 0.6) is 0 Å². The monoisotopic (exact) mass is 424 g/mol. The van der Waals surface area contributed by atoms with Crippen LogP contribution in [0.2, 0.25) is 0 Å². The fourth-order valence-electron chi connectivity index (χ4n) is 3.96. The van der Waals surface area contributed by atoms with E-state index in [2.05, 4.69) is 5.32 Å². The first-order valence-electron chi connectivity index (χ1n) is 10.1. The highest BCUT2D eigenvalue weighted by Crippen LogP contribution is 2.35. The molecule has 1 atom stereocenters. The SMILES string of the molecule is COC(=O)[C@@H]1CC2(CN1C(=O)CNC(=O)c1ccc(-c3ccccc3)cc1)OCCO2. The fraction of sp³-hybridized carbons (Fsp3) is 0.348. The van der Waals surface area contributed by atoms with Crippen molar-refractivity contribution in [1.82, 2.24) is 10.2 Å². The molecule has 0 unspecified atom stereocenters. The lowest BCUT2D eigenvalue weighted by Gasteiger charge is -2.23. The van der Waals surface area contributed by atoms with Crippen molar-refractivity contribution < 1.29 is 28.6 Å². The number of nitrogens with zero attached hydrogens (tertiary/aromatic N) is 1. The molecule has 1 N–H and O–H groups in total. The van der Waals surface area contributed by atoms with Gasteiger partial charge in [-0.1, -0.05) is 42.5 Å². The Morgan fingerprint density at radius 3 is 2.32 bits per heavy atom. The molecule has 0 bridgehead atoms. The summed E-state index contributed by atoms with van der Waals surface area (Å²) in [5, 5.41) is 2.63. The summed E-state index contributed by atoms with van der Waals surface area (Å²) in [5.74, 6) is -2.29. The van der Waals surface area contributed by atoms with E-state index in [0.29, 0.717) is 18.8 Å². The van der Waals surface area contributed by atoms with E-state index in [1.807, 2.05) is 42.5 Å². The fourth-order valence-corrected chi connectivity index (χ4v) is 3.96. The molecule has 4 rings (SSSR count). The summed E-state index contributed by atoms with van der Waals surface area (Å²) < 4.78 is 16.1. The zero-order valence-corrected chi connectivity index (χ0v) is 17.2. The van der Waals surface area contributed by atoms with Crippen molar-refractivity contribution in [3.63, 3.8) is 0 Å². The molecule has 2 aliphatic rings. The summed E-state index contributed by atoms with van der Waals surface area (Å²) >= 11 is 0. The largest absolute Gasteiger partial charge is 0.467 e. The van der Waals surface area contributed by atoms with Crippen LogP contribution in [0.25, 0.3) is 11.1 Å². The number of hydrogen-bond acceptors (Lipinski definition) is 6. The normalized spacial score (nSPS) is 19.4. The molecule has 2 aromatic rings. The summed E-state index contributed by atoms with van der Waals surface area (Å²) in [4.78, 5) is 38.8. The molecule has 2 saturated heterocycles. The topological polar surface area (TPSA) is 94.2 Å². The van der Waals surface area contributed by atoms with Crippen LogP contribution in [0.1, 0.15) is 16.8 Å². The summed E-state index contributed by atoms with van der Waals surface area (Å²) in [6.07, 6.45) is 0.209. The van der Waals surface area contributed by atoms with Crippen LogP contribution >= 0.6 is 0 Å². The van der Waals surface area contributed by atoms with E-state index >= 15 is 0 Å². The van der Waals surface area contributed by atoms with Crippen LogP contribution in [0.3, 0.4) is 0 Å². The Kier molecular flexibility index (Phi) is 6.01. The lowest BCUT2D eigenvalue weighted by molar-refractivity contribution is -0.152. The van der Waals surface area contributed by atoms with Crippen LogP contribution in [-0.4, -0.2) is 67.9 Å². The molecule has 2 fully saturated rings. The standard InChI is InChI=1S/C23H24N2O6/c1-29-22(28)19-13-23(30-11-12-31-23)15-25(19)20(26)14-24-21(27)18-9-7-17(8-10-18)16-5-3-2-4-6-16/h2-10,19H,11-15H2,1H3,(H,24,27)/t19-/m0/s1. The highest BCUT2D eigenvalue weighted by molar-refractivity contribution is 5.97. The molecular formula is C23H24N2O6. The third kappa shape index (κ3) is 4.45. The van der Waals surface area contributed by atoms with Crippen LogP contribution in [0.4, 0.5) is 0 Å². The number of esters is 1. The second kappa shape index (κ2) is 8.87. The molecule has 2 heterocycles. The number of benzene rings is 2. The van der Waals surface area contributed by atoms with E-state index in [9.17, 15) is 14.4 Å². The maximum Gasteiger partial charge on any atom is 0.328 e. The second-order valence-corrected chi connectivity index (χ2v) is 7.50. The number of nitrogens with one attached hydrogen (secondary N) is 1. The maximum atomic E-state index is 12.8. The highest BCUT2D eigenvalue weighted by Gasteiger charge is 2.52. The number of rotatable bonds is 5. The van der Waals surface area contributed by atoms with Crippen LogP contribution in [0, 0.1) is 0 Å². The number of carbonyl (C=O) groups is 3. The van der Waals surface area contributed by atoms with E-state index in [0.717, 1.165) is 11.1 Å². The van der Waals surface area contributed by atoms with Crippen molar-refractivity contribution in [1.29, 1.82) is 0 Å². The third-order valence-electron chi connectivity index (χ3n) is 5.55. The predicted molar refractivity (Wildman–Crippen MR) is 111 cm³/mol. The molecule has 162 valence electrons. The smallest absolute Gasteiger partial charge is 0.328 e. The highest BCUT2D eigenvalue weighted by atomic mass is 16.7. The molecule has 0 saturated carbocycles. The first kappa shape index (κ1) is 21.0. The average Bonchev–Trinajstić information content (AvgIpc) is 3.44. The van der Waals surface area contributed by atoms with Gasteiger partial charge in [0.05, 0.1) is 33.4 Å².